The van der Waals surface area contributed by atoms with Gasteiger partial charge in [-0.3, -0.25) is 0 Å². The van der Waals surface area contributed by atoms with Gasteiger partial charge in [-0.15, -0.1) is 0 Å². The van der Waals surface area contributed by atoms with E-state index in [0.29, 0.717) is 39.5 Å². The predicted octanol–water partition coefficient (Wildman–Crippen LogP) is 3.58. The molecule has 34 heavy (non-hydrogen) atoms. The van der Waals surface area contributed by atoms with E-state index in [2.05, 4.69) is 30.8 Å². The molecule has 0 radical (unpaired) electrons. The zero-order chi connectivity index (χ0) is 24.1. The summed E-state index contributed by atoms with van der Waals surface area (Å²) in [5.41, 5.74) is 3.04. The van der Waals surface area contributed by atoms with Gasteiger partial charge in [0.1, 0.15) is 10.8 Å². The summed E-state index contributed by atoms with van der Waals surface area (Å²) in [4.78, 5) is 11.1. The van der Waals surface area contributed by atoms with Gasteiger partial charge in [-0.25, -0.2) is 13.4 Å². The second-order valence-electron chi connectivity index (χ2n) is 7.99. The molecule has 1 aromatic heterocycles. The van der Waals surface area contributed by atoms with Crippen molar-refractivity contribution in [3.63, 3.8) is 0 Å². The van der Waals surface area contributed by atoms with Crippen LogP contribution in [-0.4, -0.2) is 57.9 Å². The van der Waals surface area contributed by atoms with Crippen molar-refractivity contribution in [3.05, 3.63) is 59.2 Å². The molecule has 0 amide bonds. The number of anilines is 5. The Hall–Kier alpha value is -3.08. The summed E-state index contributed by atoms with van der Waals surface area (Å²) in [5, 5.41) is 9.98. The maximum atomic E-state index is 11.8. The second-order valence-corrected chi connectivity index (χ2v) is 10.5. The van der Waals surface area contributed by atoms with Crippen LogP contribution >= 0.6 is 11.6 Å². The molecule has 3 aromatic rings. The second kappa shape index (κ2) is 10.5. The summed E-state index contributed by atoms with van der Waals surface area (Å²) >= 11 is 6.33. The fourth-order valence-corrected chi connectivity index (χ4v) is 4.67. The van der Waals surface area contributed by atoms with E-state index in [-0.39, 0.29) is 5.75 Å². The first-order valence-corrected chi connectivity index (χ1v) is 13.2. The number of para-hydroxylation sites is 1. The van der Waals surface area contributed by atoms with Gasteiger partial charge in [0.2, 0.25) is 5.95 Å². The summed E-state index contributed by atoms with van der Waals surface area (Å²) in [6, 6.07) is 13.1. The van der Waals surface area contributed by atoms with Crippen LogP contribution < -0.4 is 25.6 Å². The third-order valence-corrected chi connectivity index (χ3v) is 6.46. The van der Waals surface area contributed by atoms with E-state index in [1.165, 1.54) is 12.5 Å². The number of benzene rings is 2. The lowest BCUT2D eigenvalue weighted by atomic mass is 10.2. The molecule has 9 nitrogen and oxygen atoms in total. The number of piperazine rings is 1. The minimum atomic E-state index is -3.21. The predicted molar refractivity (Wildman–Crippen MR) is 137 cm³/mol. The average molecular weight is 503 g/mol. The molecule has 0 saturated carbocycles. The summed E-state index contributed by atoms with van der Waals surface area (Å²) < 4.78 is 29.2. The molecule has 0 spiro atoms. The maximum absolute atomic E-state index is 11.8. The molecule has 4 rings (SSSR count). The van der Waals surface area contributed by atoms with Gasteiger partial charge in [0.05, 0.1) is 24.7 Å². The lowest BCUT2D eigenvalue weighted by molar-refractivity contribution is 0.416. The first kappa shape index (κ1) is 24.1. The van der Waals surface area contributed by atoms with Crippen molar-refractivity contribution in [1.29, 1.82) is 0 Å². The lowest BCUT2D eigenvalue weighted by Crippen LogP contribution is -2.43. The SMILES string of the molecule is COc1cc(N2CCNCC2)ccc1Nc1ncc(Cl)c(Nc2ccccc2CS(C)(=O)=O)n1. The van der Waals surface area contributed by atoms with Crippen LogP contribution in [0.2, 0.25) is 5.02 Å². The molecule has 0 aliphatic carbocycles. The Morgan fingerprint density at radius 3 is 2.62 bits per heavy atom. The van der Waals surface area contributed by atoms with Crippen LogP contribution in [0.3, 0.4) is 0 Å². The third-order valence-electron chi connectivity index (χ3n) is 5.35. The zero-order valence-electron chi connectivity index (χ0n) is 19.0. The highest BCUT2D eigenvalue weighted by molar-refractivity contribution is 7.89. The standard InChI is InChI=1S/C23H27ClN6O3S/c1-33-21-13-17(30-11-9-25-10-12-30)7-8-20(21)28-23-26-14-18(24)22(29-23)27-19-6-4-3-5-16(19)15-34(2,31)32/h3-8,13-14,25H,9-12,15H2,1-2H3,(H2,26,27,28,29). The molecule has 1 aliphatic heterocycles. The molecule has 1 saturated heterocycles. The van der Waals surface area contributed by atoms with Gasteiger partial charge in [0, 0.05) is 49.9 Å². The monoisotopic (exact) mass is 502 g/mol. The Morgan fingerprint density at radius 2 is 1.88 bits per heavy atom. The van der Waals surface area contributed by atoms with Crippen LogP contribution in [0.5, 0.6) is 5.75 Å². The number of aromatic nitrogens is 2. The summed E-state index contributed by atoms with van der Waals surface area (Å²) in [6.07, 6.45) is 2.68. The molecular formula is C23H27ClN6O3S. The van der Waals surface area contributed by atoms with Gasteiger partial charge in [0.25, 0.3) is 0 Å². The molecule has 3 N–H and O–H groups in total. The van der Waals surface area contributed by atoms with E-state index in [1.807, 2.05) is 24.3 Å². The van der Waals surface area contributed by atoms with Crippen molar-refractivity contribution < 1.29 is 13.2 Å². The number of methoxy groups -OCH3 is 1. The van der Waals surface area contributed by atoms with Crippen LogP contribution in [0, 0.1) is 0 Å². The number of ether oxygens (including phenoxy) is 1. The minimum Gasteiger partial charge on any atom is -0.494 e. The highest BCUT2D eigenvalue weighted by Gasteiger charge is 2.15. The Bertz CT molecular complexity index is 1270. The highest BCUT2D eigenvalue weighted by atomic mass is 35.5. The van der Waals surface area contributed by atoms with E-state index < -0.39 is 9.84 Å². The molecule has 180 valence electrons. The maximum Gasteiger partial charge on any atom is 0.229 e. The highest BCUT2D eigenvalue weighted by Crippen LogP contribution is 2.33. The quantitative estimate of drug-likeness (QED) is 0.425. The van der Waals surface area contributed by atoms with Crippen molar-refractivity contribution in [3.8, 4) is 5.75 Å². The summed E-state index contributed by atoms with van der Waals surface area (Å²) in [5.74, 6) is 1.25. The van der Waals surface area contributed by atoms with Gasteiger partial charge in [0.15, 0.2) is 15.7 Å². The van der Waals surface area contributed by atoms with E-state index >= 15 is 0 Å². The van der Waals surface area contributed by atoms with Gasteiger partial charge >= 0.3 is 0 Å². The van der Waals surface area contributed by atoms with Crippen LogP contribution in [0.15, 0.2) is 48.7 Å². The molecule has 11 heteroatoms. The number of sulfone groups is 1. The number of nitrogens with zero attached hydrogens (tertiary/aromatic N) is 3. The third kappa shape index (κ3) is 6.07. The van der Waals surface area contributed by atoms with Crippen LogP contribution in [-0.2, 0) is 15.6 Å². The average Bonchev–Trinajstić information content (AvgIpc) is 2.82. The lowest BCUT2D eigenvalue weighted by Gasteiger charge is -2.30. The minimum absolute atomic E-state index is 0.0966. The molecule has 0 bridgehead atoms. The van der Waals surface area contributed by atoms with Crippen LogP contribution in [0.4, 0.5) is 28.8 Å². The first-order valence-electron chi connectivity index (χ1n) is 10.8. The molecule has 1 aliphatic rings. The number of rotatable bonds is 8. The van der Waals surface area contributed by atoms with Gasteiger partial charge in [-0.05, 0) is 23.8 Å². The Kier molecular flexibility index (Phi) is 7.40. The van der Waals surface area contributed by atoms with Crippen molar-refractivity contribution in [2.24, 2.45) is 0 Å². The first-order chi connectivity index (χ1) is 16.3. The fourth-order valence-electron chi connectivity index (χ4n) is 3.72. The van der Waals surface area contributed by atoms with Crippen molar-refractivity contribution >= 4 is 50.3 Å². The largest absolute Gasteiger partial charge is 0.494 e. The fraction of sp³-hybridized carbons (Fsp3) is 0.304. The van der Waals surface area contributed by atoms with Gasteiger partial charge in [-0.2, -0.15) is 4.98 Å². The molecule has 0 atom stereocenters. The van der Waals surface area contributed by atoms with Crippen LogP contribution in [0.25, 0.3) is 0 Å². The smallest absolute Gasteiger partial charge is 0.229 e. The van der Waals surface area contributed by atoms with E-state index in [4.69, 9.17) is 16.3 Å². The van der Waals surface area contributed by atoms with E-state index in [9.17, 15) is 8.42 Å². The number of hydrogen-bond acceptors (Lipinski definition) is 9. The Labute approximate surface area is 204 Å². The molecule has 2 aromatic carbocycles. The molecule has 2 heterocycles. The van der Waals surface area contributed by atoms with Gasteiger partial charge in [-0.1, -0.05) is 29.8 Å². The Morgan fingerprint density at radius 1 is 1.12 bits per heavy atom. The summed E-state index contributed by atoms with van der Waals surface area (Å²) in [7, 11) is -1.59. The van der Waals surface area contributed by atoms with E-state index in [1.54, 1.807) is 25.3 Å². The van der Waals surface area contributed by atoms with E-state index in [0.717, 1.165) is 31.9 Å². The normalized spacial score (nSPS) is 14.0. The zero-order valence-corrected chi connectivity index (χ0v) is 20.6. The Balaban J connectivity index is 1.56. The van der Waals surface area contributed by atoms with Gasteiger partial charge < -0.3 is 25.6 Å². The molecule has 1 fully saturated rings. The van der Waals surface area contributed by atoms with Crippen molar-refractivity contribution in [2.45, 2.75) is 5.75 Å². The number of nitrogens with one attached hydrogen (secondary N) is 3. The van der Waals surface area contributed by atoms with Crippen LogP contribution in [0.1, 0.15) is 5.56 Å². The topological polar surface area (TPSA) is 108 Å². The molecule has 0 unspecified atom stereocenters. The number of halogens is 1. The summed E-state index contributed by atoms with van der Waals surface area (Å²) in [6.45, 7) is 3.77. The van der Waals surface area contributed by atoms with Crippen molar-refractivity contribution in [2.75, 3.05) is 55.1 Å². The van der Waals surface area contributed by atoms with Crippen molar-refractivity contribution in [1.82, 2.24) is 15.3 Å². The molecular weight excluding hydrogens is 476 g/mol. The number of hydrogen-bond donors (Lipinski definition) is 3.